The molecule has 1 aromatic heterocycles. The van der Waals surface area contributed by atoms with Crippen molar-refractivity contribution in [3.8, 4) is 11.6 Å². The van der Waals surface area contributed by atoms with Gasteiger partial charge in [-0.2, -0.15) is 4.98 Å². The number of nitrogens with zero attached hydrogens (tertiary/aromatic N) is 2. The third kappa shape index (κ3) is 3.72. The normalized spacial score (nSPS) is 11.0. The lowest BCUT2D eigenvalue weighted by Crippen LogP contribution is -2.02. The van der Waals surface area contributed by atoms with Crippen molar-refractivity contribution < 1.29 is 4.74 Å². The summed E-state index contributed by atoms with van der Waals surface area (Å²) < 4.78 is 5.74. The first kappa shape index (κ1) is 16.6. The van der Waals surface area contributed by atoms with E-state index in [-0.39, 0.29) is 5.92 Å². The van der Waals surface area contributed by atoms with E-state index in [1.807, 2.05) is 13.8 Å². The Morgan fingerprint density at radius 2 is 1.57 bits per heavy atom. The molecule has 7 heteroatoms. The fraction of sp³-hybridized carbons (Fsp3) is 0.286. The van der Waals surface area contributed by atoms with Crippen LogP contribution in [0.4, 0.5) is 0 Å². The van der Waals surface area contributed by atoms with E-state index in [4.69, 9.17) is 51.1 Å². The molecule has 0 radical (unpaired) electrons. The van der Waals surface area contributed by atoms with Crippen molar-refractivity contribution in [2.24, 2.45) is 0 Å². The summed E-state index contributed by atoms with van der Waals surface area (Å²) in [7, 11) is 0. The summed E-state index contributed by atoms with van der Waals surface area (Å²) in [5, 5.41) is 1.39. The Morgan fingerprint density at radius 3 is 2.19 bits per heavy atom. The topological polar surface area (TPSA) is 35.0 Å². The van der Waals surface area contributed by atoms with E-state index < -0.39 is 0 Å². The summed E-state index contributed by atoms with van der Waals surface area (Å²) in [6.07, 6.45) is 0. The minimum Gasteiger partial charge on any atom is -0.437 e. The highest BCUT2D eigenvalue weighted by atomic mass is 35.5. The number of hydrogen-bond donors (Lipinski definition) is 0. The lowest BCUT2D eigenvalue weighted by atomic mass is 10.2. The summed E-state index contributed by atoms with van der Waals surface area (Å²) in [4.78, 5) is 8.59. The number of benzene rings is 1. The van der Waals surface area contributed by atoms with Crippen LogP contribution < -0.4 is 4.74 Å². The van der Waals surface area contributed by atoms with E-state index in [0.29, 0.717) is 43.2 Å². The zero-order valence-electron chi connectivity index (χ0n) is 11.5. The van der Waals surface area contributed by atoms with E-state index >= 15 is 0 Å². The largest absolute Gasteiger partial charge is 0.437 e. The van der Waals surface area contributed by atoms with Crippen LogP contribution in [0.25, 0.3) is 0 Å². The van der Waals surface area contributed by atoms with Crippen molar-refractivity contribution in [3.63, 3.8) is 0 Å². The lowest BCUT2D eigenvalue weighted by molar-refractivity contribution is 0.453. The molecular weight excluding hydrogens is 354 g/mol. The van der Waals surface area contributed by atoms with Gasteiger partial charge in [-0.1, -0.05) is 60.3 Å². The third-order valence-electron chi connectivity index (χ3n) is 2.76. The zero-order chi connectivity index (χ0) is 15.7. The molecule has 0 fully saturated rings. The van der Waals surface area contributed by atoms with E-state index in [1.165, 1.54) is 12.1 Å². The van der Waals surface area contributed by atoms with Crippen molar-refractivity contribution >= 4 is 46.4 Å². The van der Waals surface area contributed by atoms with E-state index in [2.05, 4.69) is 9.97 Å². The van der Waals surface area contributed by atoms with Crippen molar-refractivity contribution in [2.75, 3.05) is 0 Å². The number of halogens is 4. The molecule has 0 aliphatic carbocycles. The second kappa shape index (κ2) is 6.57. The highest BCUT2D eigenvalue weighted by Gasteiger charge is 2.16. The number of rotatable bonds is 3. The minimum atomic E-state index is 0.120. The van der Waals surface area contributed by atoms with Gasteiger partial charge in [0.2, 0.25) is 5.88 Å². The van der Waals surface area contributed by atoms with E-state index in [1.54, 1.807) is 6.92 Å². The average Bonchev–Trinajstić information content (AvgIpc) is 2.40. The summed E-state index contributed by atoms with van der Waals surface area (Å²) in [5.74, 6) is 1.42. The molecule has 0 unspecified atom stereocenters. The molecule has 0 saturated heterocycles. The lowest BCUT2D eigenvalue weighted by Gasteiger charge is -2.13. The van der Waals surface area contributed by atoms with E-state index in [0.717, 1.165) is 0 Å². The van der Waals surface area contributed by atoms with Crippen LogP contribution in [0.5, 0.6) is 11.6 Å². The molecule has 0 aliphatic heterocycles. The van der Waals surface area contributed by atoms with Crippen LogP contribution in [-0.4, -0.2) is 9.97 Å². The molecule has 0 atom stereocenters. The van der Waals surface area contributed by atoms with Gasteiger partial charge in [-0.3, -0.25) is 0 Å². The predicted octanol–water partition coefficient (Wildman–Crippen LogP) is 6.31. The Kier molecular flexibility index (Phi) is 5.20. The first-order valence-corrected chi connectivity index (χ1v) is 7.67. The van der Waals surface area contributed by atoms with Crippen LogP contribution >= 0.6 is 46.4 Å². The van der Waals surface area contributed by atoms with Gasteiger partial charge >= 0.3 is 0 Å². The van der Waals surface area contributed by atoms with Crippen molar-refractivity contribution in [1.29, 1.82) is 0 Å². The van der Waals surface area contributed by atoms with Gasteiger partial charge in [0.05, 0.1) is 15.1 Å². The Bertz CT molecular complexity index is 689. The summed E-state index contributed by atoms with van der Waals surface area (Å²) >= 11 is 24.1. The van der Waals surface area contributed by atoms with Crippen molar-refractivity contribution in [2.45, 2.75) is 26.7 Å². The molecule has 21 heavy (non-hydrogen) atoms. The van der Waals surface area contributed by atoms with Crippen LogP contribution in [0.1, 0.15) is 31.2 Å². The molecule has 1 aromatic carbocycles. The smallest absolute Gasteiger partial charge is 0.227 e. The SMILES string of the molecule is Cc1c(Cl)nc(C(C)C)nc1Oc1cc(Cl)c(Cl)cc1Cl. The number of aromatic nitrogens is 2. The fourth-order valence-electron chi connectivity index (χ4n) is 1.53. The van der Waals surface area contributed by atoms with Crippen LogP contribution in [0, 0.1) is 6.92 Å². The molecule has 0 aliphatic rings. The van der Waals surface area contributed by atoms with Crippen molar-refractivity contribution in [3.05, 3.63) is 43.7 Å². The summed E-state index contributed by atoms with van der Waals surface area (Å²) in [5.41, 5.74) is 0.628. The van der Waals surface area contributed by atoms with Gasteiger partial charge in [-0.05, 0) is 13.0 Å². The van der Waals surface area contributed by atoms with Gasteiger partial charge < -0.3 is 4.74 Å². The Morgan fingerprint density at radius 1 is 0.952 bits per heavy atom. The number of ether oxygens (including phenoxy) is 1. The van der Waals surface area contributed by atoms with Gasteiger partial charge in [0, 0.05) is 17.5 Å². The second-order valence-corrected chi connectivity index (χ2v) is 6.34. The van der Waals surface area contributed by atoms with Crippen LogP contribution in [0.15, 0.2) is 12.1 Å². The monoisotopic (exact) mass is 364 g/mol. The Hall–Kier alpha value is -0.740. The highest BCUT2D eigenvalue weighted by Crippen LogP contribution is 2.37. The maximum Gasteiger partial charge on any atom is 0.227 e. The molecule has 0 saturated carbocycles. The molecule has 0 spiro atoms. The predicted molar refractivity (Wildman–Crippen MR) is 87.4 cm³/mol. The van der Waals surface area contributed by atoms with Crippen LogP contribution in [0.2, 0.25) is 20.2 Å². The molecule has 2 aromatic rings. The quantitative estimate of drug-likeness (QED) is 0.471. The molecule has 0 amide bonds. The molecule has 0 N–H and O–H groups in total. The standard InChI is InChI=1S/C14H12Cl4N2O/c1-6(2)13-19-12(18)7(3)14(20-13)21-11-5-9(16)8(15)4-10(11)17/h4-6H,1-3H3. The van der Waals surface area contributed by atoms with Gasteiger partial charge in [0.1, 0.15) is 16.7 Å². The fourth-order valence-corrected chi connectivity index (χ4v) is 2.27. The van der Waals surface area contributed by atoms with Crippen molar-refractivity contribution in [1.82, 2.24) is 9.97 Å². The first-order chi connectivity index (χ1) is 9.79. The van der Waals surface area contributed by atoms with Crippen LogP contribution in [0.3, 0.4) is 0 Å². The molecule has 0 bridgehead atoms. The maximum absolute atomic E-state index is 6.11. The molecule has 1 heterocycles. The molecule has 112 valence electrons. The highest BCUT2D eigenvalue weighted by molar-refractivity contribution is 6.43. The van der Waals surface area contributed by atoms with Gasteiger partial charge in [-0.25, -0.2) is 4.98 Å². The summed E-state index contributed by atoms with van der Waals surface area (Å²) in [6, 6.07) is 3.05. The van der Waals surface area contributed by atoms with E-state index in [9.17, 15) is 0 Å². The molecule has 3 nitrogen and oxygen atoms in total. The average molecular weight is 366 g/mol. The van der Waals surface area contributed by atoms with Gasteiger partial charge in [-0.15, -0.1) is 0 Å². The summed E-state index contributed by atoms with van der Waals surface area (Å²) in [6.45, 7) is 5.71. The number of hydrogen-bond acceptors (Lipinski definition) is 3. The van der Waals surface area contributed by atoms with Crippen LogP contribution in [-0.2, 0) is 0 Å². The van der Waals surface area contributed by atoms with Gasteiger partial charge in [0.15, 0.2) is 0 Å². The Balaban J connectivity index is 2.46. The first-order valence-electron chi connectivity index (χ1n) is 6.16. The third-order valence-corrected chi connectivity index (χ3v) is 4.14. The second-order valence-electron chi connectivity index (χ2n) is 4.76. The maximum atomic E-state index is 6.11. The minimum absolute atomic E-state index is 0.120. The molecular formula is C14H12Cl4N2O. The zero-order valence-corrected chi connectivity index (χ0v) is 14.6. The molecule has 2 rings (SSSR count). The Labute approximate surface area is 143 Å². The van der Waals surface area contributed by atoms with Gasteiger partial charge in [0.25, 0.3) is 0 Å².